The van der Waals surface area contributed by atoms with E-state index in [2.05, 4.69) is 9.47 Å². The van der Waals surface area contributed by atoms with Crippen LogP contribution >= 0.6 is 0 Å². The lowest BCUT2D eigenvalue weighted by atomic mass is 10.1. The quantitative estimate of drug-likeness (QED) is 0.729. The molecule has 2 rings (SSSR count). The number of carbonyl (C=O) groups is 1. The van der Waals surface area contributed by atoms with Crippen LogP contribution in [0.25, 0.3) is 0 Å². The minimum absolute atomic E-state index is 0.135. The van der Waals surface area contributed by atoms with E-state index >= 15 is 0 Å². The van der Waals surface area contributed by atoms with E-state index in [1.54, 1.807) is 0 Å². The van der Waals surface area contributed by atoms with Gasteiger partial charge in [0.1, 0.15) is 11.5 Å². The van der Waals surface area contributed by atoms with Crippen molar-refractivity contribution in [1.29, 1.82) is 0 Å². The summed E-state index contributed by atoms with van der Waals surface area (Å²) >= 11 is 0. The van der Waals surface area contributed by atoms with Gasteiger partial charge in [0.05, 0.1) is 13.2 Å². The Hall–Kier alpha value is -2.17. The first-order chi connectivity index (χ1) is 12.0. The molecule has 0 atom stereocenters. The molecule has 146 valence electrons. The monoisotopic (exact) mass is 387 g/mol. The summed E-state index contributed by atoms with van der Waals surface area (Å²) in [5.41, 5.74) is -0.135. The Balaban J connectivity index is 2.22. The fourth-order valence-electron chi connectivity index (χ4n) is 2.14. The van der Waals surface area contributed by atoms with Crippen LogP contribution in [0, 0.1) is 0 Å². The van der Waals surface area contributed by atoms with E-state index in [1.165, 1.54) is 4.90 Å². The Bertz CT molecular complexity index is 589. The van der Waals surface area contributed by atoms with Crippen molar-refractivity contribution in [3.8, 4) is 11.5 Å². The smallest absolute Gasteiger partial charge is 0.422 e. The first-order valence-electron chi connectivity index (χ1n) is 7.45. The highest BCUT2D eigenvalue weighted by Gasteiger charge is 2.30. The van der Waals surface area contributed by atoms with Crippen molar-refractivity contribution in [3.05, 3.63) is 23.8 Å². The summed E-state index contributed by atoms with van der Waals surface area (Å²) < 4.78 is 88.0. The SMILES string of the molecule is O=C(c1cc(OCC(F)(F)F)cc(OCC(F)(F)F)c1)N1CCOCC1. The number of alkyl halides is 6. The highest BCUT2D eigenvalue weighted by molar-refractivity contribution is 5.95. The Labute approximate surface area is 144 Å². The molecule has 1 heterocycles. The highest BCUT2D eigenvalue weighted by atomic mass is 19.4. The number of carbonyl (C=O) groups excluding carboxylic acids is 1. The molecule has 1 fully saturated rings. The van der Waals surface area contributed by atoms with E-state index in [0.717, 1.165) is 18.2 Å². The van der Waals surface area contributed by atoms with Crippen molar-refractivity contribution in [2.45, 2.75) is 12.4 Å². The second-order valence-corrected chi connectivity index (χ2v) is 5.41. The van der Waals surface area contributed by atoms with Crippen LogP contribution in [0.1, 0.15) is 10.4 Å². The largest absolute Gasteiger partial charge is 0.484 e. The van der Waals surface area contributed by atoms with Gasteiger partial charge < -0.3 is 19.1 Å². The van der Waals surface area contributed by atoms with Crippen LogP contribution in [0.15, 0.2) is 18.2 Å². The molecule has 1 aromatic carbocycles. The van der Waals surface area contributed by atoms with E-state index in [-0.39, 0.29) is 31.9 Å². The van der Waals surface area contributed by atoms with Crippen molar-refractivity contribution in [3.63, 3.8) is 0 Å². The van der Waals surface area contributed by atoms with E-state index in [0.29, 0.717) is 0 Å². The fourth-order valence-corrected chi connectivity index (χ4v) is 2.14. The Morgan fingerprint density at radius 1 is 0.923 bits per heavy atom. The summed E-state index contributed by atoms with van der Waals surface area (Å²) in [6.45, 7) is -2.22. The van der Waals surface area contributed by atoms with Crippen LogP contribution in [0.3, 0.4) is 0 Å². The zero-order valence-electron chi connectivity index (χ0n) is 13.3. The van der Waals surface area contributed by atoms with Gasteiger partial charge in [0, 0.05) is 24.7 Å². The van der Waals surface area contributed by atoms with Crippen molar-refractivity contribution in [1.82, 2.24) is 4.90 Å². The van der Waals surface area contributed by atoms with Crippen LogP contribution in [0.2, 0.25) is 0 Å². The number of hydrogen-bond donors (Lipinski definition) is 0. The van der Waals surface area contributed by atoms with Crippen molar-refractivity contribution < 1.29 is 45.3 Å². The summed E-state index contributed by atoms with van der Waals surface area (Å²) in [6, 6.07) is 2.93. The van der Waals surface area contributed by atoms with Crippen LogP contribution in [-0.2, 0) is 4.74 Å². The molecule has 1 amide bonds. The van der Waals surface area contributed by atoms with E-state index < -0.39 is 43.0 Å². The summed E-state index contributed by atoms with van der Waals surface area (Å²) in [5.74, 6) is -1.40. The third-order valence-electron chi connectivity index (χ3n) is 3.23. The molecule has 0 spiro atoms. The lowest BCUT2D eigenvalue weighted by molar-refractivity contribution is -0.153. The number of amides is 1. The van der Waals surface area contributed by atoms with Crippen molar-refractivity contribution in [2.24, 2.45) is 0 Å². The number of nitrogens with zero attached hydrogens (tertiary/aromatic N) is 1. The fraction of sp³-hybridized carbons (Fsp3) is 0.533. The number of hydrogen-bond acceptors (Lipinski definition) is 4. The molecule has 0 radical (unpaired) electrons. The van der Waals surface area contributed by atoms with Gasteiger partial charge in [-0.1, -0.05) is 0 Å². The molecule has 0 unspecified atom stereocenters. The number of ether oxygens (including phenoxy) is 3. The summed E-state index contributed by atoms with van der Waals surface area (Å²) in [5, 5.41) is 0. The highest BCUT2D eigenvalue weighted by Crippen LogP contribution is 2.27. The molecule has 1 aromatic rings. The molecule has 0 bridgehead atoms. The average molecular weight is 387 g/mol. The zero-order valence-corrected chi connectivity index (χ0v) is 13.3. The summed E-state index contributed by atoms with van der Waals surface area (Å²) in [6.07, 6.45) is -9.28. The van der Waals surface area contributed by atoms with Gasteiger partial charge >= 0.3 is 12.4 Å². The standard InChI is InChI=1S/C15H15F6NO4/c16-14(17,18)8-25-11-5-10(13(23)22-1-3-24-4-2-22)6-12(7-11)26-9-15(19,20)21/h5-7H,1-4,8-9H2. The Morgan fingerprint density at radius 3 is 1.81 bits per heavy atom. The lowest BCUT2D eigenvalue weighted by Gasteiger charge is -2.27. The third kappa shape index (κ3) is 6.62. The molecule has 0 saturated carbocycles. The van der Waals surface area contributed by atoms with Crippen LogP contribution < -0.4 is 9.47 Å². The molecule has 0 aromatic heterocycles. The van der Waals surface area contributed by atoms with Crippen molar-refractivity contribution >= 4 is 5.91 Å². The topological polar surface area (TPSA) is 48.0 Å². The maximum atomic E-state index is 12.4. The normalized spacial score (nSPS) is 15.7. The van der Waals surface area contributed by atoms with E-state index in [9.17, 15) is 31.1 Å². The number of rotatable bonds is 5. The van der Waals surface area contributed by atoms with Gasteiger partial charge in [0.2, 0.25) is 0 Å². The predicted molar refractivity (Wildman–Crippen MR) is 76.3 cm³/mol. The zero-order chi connectivity index (χ0) is 19.4. The Kier molecular flexibility index (Phi) is 6.21. The van der Waals surface area contributed by atoms with Gasteiger partial charge in [-0.05, 0) is 12.1 Å². The molecule has 1 saturated heterocycles. The van der Waals surface area contributed by atoms with Crippen LogP contribution in [0.4, 0.5) is 26.3 Å². The molecule has 11 heteroatoms. The third-order valence-corrected chi connectivity index (χ3v) is 3.23. The van der Waals surface area contributed by atoms with Gasteiger partial charge in [-0.3, -0.25) is 4.79 Å². The average Bonchev–Trinajstić information content (AvgIpc) is 2.57. The van der Waals surface area contributed by atoms with E-state index in [4.69, 9.17) is 4.74 Å². The molecular formula is C15H15F6NO4. The second-order valence-electron chi connectivity index (χ2n) is 5.41. The molecule has 0 N–H and O–H groups in total. The summed E-state index contributed by atoms with van der Waals surface area (Å²) in [4.78, 5) is 13.8. The minimum Gasteiger partial charge on any atom is -0.484 e. The van der Waals surface area contributed by atoms with Gasteiger partial charge in [0.15, 0.2) is 13.2 Å². The molecule has 1 aliphatic heterocycles. The number of benzene rings is 1. The number of morpholine rings is 1. The van der Waals surface area contributed by atoms with Crippen LogP contribution in [-0.4, -0.2) is 62.7 Å². The second kappa shape index (κ2) is 8.02. The molecule has 26 heavy (non-hydrogen) atoms. The Morgan fingerprint density at radius 2 is 1.38 bits per heavy atom. The molecule has 0 aliphatic carbocycles. The van der Waals surface area contributed by atoms with Gasteiger partial charge in [-0.25, -0.2) is 0 Å². The summed E-state index contributed by atoms with van der Waals surface area (Å²) in [7, 11) is 0. The molecular weight excluding hydrogens is 372 g/mol. The van der Waals surface area contributed by atoms with Gasteiger partial charge in [-0.15, -0.1) is 0 Å². The van der Waals surface area contributed by atoms with Crippen LogP contribution in [0.5, 0.6) is 11.5 Å². The maximum absolute atomic E-state index is 12.4. The first-order valence-corrected chi connectivity index (χ1v) is 7.45. The molecule has 1 aliphatic rings. The van der Waals surface area contributed by atoms with Gasteiger partial charge in [0.25, 0.3) is 5.91 Å². The van der Waals surface area contributed by atoms with Crippen molar-refractivity contribution in [2.75, 3.05) is 39.5 Å². The minimum atomic E-state index is -4.64. The van der Waals surface area contributed by atoms with Gasteiger partial charge in [-0.2, -0.15) is 26.3 Å². The first kappa shape index (κ1) is 20.1. The maximum Gasteiger partial charge on any atom is 0.422 e. The lowest BCUT2D eigenvalue weighted by Crippen LogP contribution is -2.40. The number of halogens is 6. The predicted octanol–water partition coefficient (Wildman–Crippen LogP) is 3.04. The van der Waals surface area contributed by atoms with E-state index in [1.807, 2.05) is 0 Å². The molecule has 5 nitrogen and oxygen atoms in total.